The fraction of sp³-hybridized carbons (Fsp3) is 0.529. The Bertz CT molecular complexity index is 681. The number of fused-ring (bicyclic) bond motifs is 1. The molecule has 0 aliphatic carbocycles. The van der Waals surface area contributed by atoms with Gasteiger partial charge in [-0.1, -0.05) is 0 Å². The van der Waals surface area contributed by atoms with Crippen LogP contribution in [-0.4, -0.2) is 40.8 Å². The number of ether oxygens (including phenoxy) is 1. The molecule has 1 saturated heterocycles. The third kappa shape index (κ3) is 3.75. The predicted octanol–water partition coefficient (Wildman–Crippen LogP) is 3.06. The Morgan fingerprint density at radius 3 is 2.83 bits per heavy atom. The number of hydrogen-bond donors (Lipinski definition) is 2. The Morgan fingerprint density at radius 2 is 2.13 bits per heavy atom. The molecule has 0 saturated carbocycles. The quantitative estimate of drug-likeness (QED) is 0.893. The second kappa shape index (κ2) is 6.10. The minimum atomic E-state index is -0.458. The van der Waals surface area contributed by atoms with Gasteiger partial charge in [0.25, 0.3) is 0 Å². The summed E-state index contributed by atoms with van der Waals surface area (Å²) in [5.74, 6) is 0. The summed E-state index contributed by atoms with van der Waals surface area (Å²) in [5.41, 5.74) is 2.74. The standard InChI is InChI=1S/C17H24N4O2/c1-17(2,3)23-16(22)20-12-6-9-21(10-7-12)14-11-19-13-5-4-8-18-15(13)14/h4-5,8,11-12,19H,6-7,9-10H2,1-3H3,(H,20,22). The summed E-state index contributed by atoms with van der Waals surface area (Å²) < 4.78 is 5.32. The second-order valence-electron chi connectivity index (χ2n) is 6.98. The van der Waals surface area contributed by atoms with E-state index in [4.69, 9.17) is 4.74 Å². The van der Waals surface area contributed by atoms with Crippen LogP contribution in [0.5, 0.6) is 0 Å². The minimum absolute atomic E-state index is 0.166. The molecule has 0 aromatic carbocycles. The lowest BCUT2D eigenvalue weighted by molar-refractivity contribution is 0.0497. The molecule has 1 aliphatic rings. The van der Waals surface area contributed by atoms with Gasteiger partial charge in [-0.25, -0.2) is 4.79 Å². The molecule has 23 heavy (non-hydrogen) atoms. The Balaban J connectivity index is 1.57. The molecule has 0 atom stereocenters. The summed E-state index contributed by atoms with van der Waals surface area (Å²) in [5, 5.41) is 2.97. The lowest BCUT2D eigenvalue weighted by Gasteiger charge is -2.33. The van der Waals surface area contributed by atoms with Gasteiger partial charge < -0.3 is 19.9 Å². The van der Waals surface area contributed by atoms with Crippen LogP contribution in [0.2, 0.25) is 0 Å². The number of aromatic nitrogens is 2. The smallest absolute Gasteiger partial charge is 0.407 e. The second-order valence-corrected chi connectivity index (χ2v) is 6.98. The lowest BCUT2D eigenvalue weighted by atomic mass is 10.0. The van der Waals surface area contributed by atoms with Gasteiger partial charge in [-0.3, -0.25) is 4.98 Å². The van der Waals surface area contributed by atoms with Crippen LogP contribution in [0.4, 0.5) is 10.5 Å². The third-order valence-electron chi connectivity index (χ3n) is 3.97. The topological polar surface area (TPSA) is 70.2 Å². The maximum absolute atomic E-state index is 11.8. The van der Waals surface area contributed by atoms with E-state index in [2.05, 4.69) is 20.2 Å². The van der Waals surface area contributed by atoms with E-state index in [1.807, 2.05) is 45.3 Å². The van der Waals surface area contributed by atoms with E-state index in [1.165, 1.54) is 0 Å². The van der Waals surface area contributed by atoms with Crippen LogP contribution in [-0.2, 0) is 4.74 Å². The van der Waals surface area contributed by atoms with Crippen LogP contribution < -0.4 is 10.2 Å². The fourth-order valence-electron chi connectivity index (χ4n) is 2.92. The van der Waals surface area contributed by atoms with Crippen molar-refractivity contribution < 1.29 is 9.53 Å². The largest absolute Gasteiger partial charge is 0.444 e. The van der Waals surface area contributed by atoms with Crippen molar-refractivity contribution in [1.82, 2.24) is 15.3 Å². The Kier molecular flexibility index (Phi) is 4.15. The van der Waals surface area contributed by atoms with Crippen molar-refractivity contribution in [3.8, 4) is 0 Å². The molecule has 0 unspecified atom stereocenters. The maximum atomic E-state index is 11.8. The first-order chi connectivity index (χ1) is 10.9. The molecule has 0 spiro atoms. The van der Waals surface area contributed by atoms with E-state index < -0.39 is 5.60 Å². The number of hydrogen-bond acceptors (Lipinski definition) is 4. The average molecular weight is 316 g/mol. The number of nitrogens with zero attached hydrogens (tertiary/aromatic N) is 2. The van der Waals surface area contributed by atoms with E-state index in [1.54, 1.807) is 0 Å². The van der Waals surface area contributed by atoms with E-state index in [0.29, 0.717) is 0 Å². The van der Waals surface area contributed by atoms with E-state index in [9.17, 15) is 4.79 Å². The summed E-state index contributed by atoms with van der Waals surface area (Å²) >= 11 is 0. The van der Waals surface area contributed by atoms with Crippen molar-refractivity contribution in [2.45, 2.75) is 45.3 Å². The average Bonchev–Trinajstić information content (AvgIpc) is 2.90. The zero-order chi connectivity index (χ0) is 16.4. The van der Waals surface area contributed by atoms with E-state index in [-0.39, 0.29) is 12.1 Å². The fourth-order valence-corrected chi connectivity index (χ4v) is 2.92. The van der Waals surface area contributed by atoms with Gasteiger partial charge in [-0.15, -0.1) is 0 Å². The summed E-state index contributed by atoms with van der Waals surface area (Å²) in [7, 11) is 0. The molecule has 2 aromatic rings. The molecular weight excluding hydrogens is 292 g/mol. The Hall–Kier alpha value is -2.24. The van der Waals surface area contributed by atoms with Gasteiger partial charge in [0.05, 0.1) is 11.2 Å². The first-order valence-corrected chi connectivity index (χ1v) is 8.09. The van der Waals surface area contributed by atoms with Crippen molar-refractivity contribution in [3.05, 3.63) is 24.5 Å². The number of carbonyl (C=O) groups is 1. The molecule has 1 aliphatic heterocycles. The molecular formula is C17H24N4O2. The van der Waals surface area contributed by atoms with Crippen LogP contribution in [0.1, 0.15) is 33.6 Å². The Labute approximate surface area is 136 Å². The molecule has 1 fully saturated rings. The molecule has 6 heteroatoms. The molecule has 0 bridgehead atoms. The Morgan fingerprint density at radius 1 is 1.39 bits per heavy atom. The number of piperidine rings is 1. The number of pyridine rings is 1. The predicted molar refractivity (Wildman–Crippen MR) is 90.7 cm³/mol. The number of carbonyl (C=O) groups excluding carboxylic acids is 1. The molecule has 3 rings (SSSR count). The highest BCUT2D eigenvalue weighted by Gasteiger charge is 2.24. The summed E-state index contributed by atoms with van der Waals surface area (Å²) in [6, 6.07) is 4.13. The number of rotatable bonds is 2. The molecule has 124 valence electrons. The van der Waals surface area contributed by atoms with E-state index >= 15 is 0 Å². The van der Waals surface area contributed by atoms with Gasteiger partial charge in [0, 0.05) is 31.5 Å². The van der Waals surface area contributed by atoms with Crippen molar-refractivity contribution in [2.24, 2.45) is 0 Å². The summed E-state index contributed by atoms with van der Waals surface area (Å²) in [4.78, 5) is 21.9. The van der Waals surface area contributed by atoms with Crippen LogP contribution in [0.3, 0.4) is 0 Å². The molecule has 2 aromatic heterocycles. The van der Waals surface area contributed by atoms with Crippen molar-refractivity contribution in [2.75, 3.05) is 18.0 Å². The zero-order valence-corrected chi connectivity index (χ0v) is 13.9. The molecule has 3 heterocycles. The number of aromatic amines is 1. The number of nitrogens with one attached hydrogen (secondary N) is 2. The molecule has 2 N–H and O–H groups in total. The highest BCUT2D eigenvalue weighted by Crippen LogP contribution is 2.27. The lowest BCUT2D eigenvalue weighted by Crippen LogP contribution is -2.46. The van der Waals surface area contributed by atoms with Gasteiger partial charge in [0.1, 0.15) is 11.1 Å². The highest BCUT2D eigenvalue weighted by molar-refractivity contribution is 5.89. The van der Waals surface area contributed by atoms with E-state index in [0.717, 1.165) is 42.7 Å². The SMILES string of the molecule is CC(C)(C)OC(=O)NC1CCN(c2c[nH]c3cccnc23)CC1. The van der Waals surface area contributed by atoms with Gasteiger partial charge in [-0.2, -0.15) is 0 Å². The first-order valence-electron chi connectivity index (χ1n) is 8.09. The molecule has 0 radical (unpaired) electrons. The maximum Gasteiger partial charge on any atom is 0.407 e. The van der Waals surface area contributed by atoms with Crippen LogP contribution >= 0.6 is 0 Å². The van der Waals surface area contributed by atoms with Crippen molar-refractivity contribution in [1.29, 1.82) is 0 Å². The number of alkyl carbamates (subject to hydrolysis) is 1. The van der Waals surface area contributed by atoms with Crippen LogP contribution in [0.25, 0.3) is 11.0 Å². The summed E-state index contributed by atoms with van der Waals surface area (Å²) in [6.45, 7) is 7.41. The summed E-state index contributed by atoms with van der Waals surface area (Å²) in [6.07, 6.45) is 5.30. The van der Waals surface area contributed by atoms with Gasteiger partial charge in [0.2, 0.25) is 0 Å². The monoisotopic (exact) mass is 316 g/mol. The number of H-pyrrole nitrogens is 1. The molecule has 1 amide bonds. The number of anilines is 1. The normalized spacial score (nSPS) is 16.6. The van der Waals surface area contributed by atoms with Crippen LogP contribution in [0.15, 0.2) is 24.5 Å². The molecule has 6 nitrogen and oxygen atoms in total. The highest BCUT2D eigenvalue weighted by atomic mass is 16.6. The zero-order valence-electron chi connectivity index (χ0n) is 13.9. The van der Waals surface area contributed by atoms with Crippen molar-refractivity contribution in [3.63, 3.8) is 0 Å². The minimum Gasteiger partial charge on any atom is -0.444 e. The van der Waals surface area contributed by atoms with Gasteiger partial charge >= 0.3 is 6.09 Å². The van der Waals surface area contributed by atoms with Crippen LogP contribution in [0, 0.1) is 0 Å². The number of amides is 1. The van der Waals surface area contributed by atoms with Gasteiger partial charge in [-0.05, 0) is 45.7 Å². The third-order valence-corrected chi connectivity index (χ3v) is 3.97. The van der Waals surface area contributed by atoms with Crippen molar-refractivity contribution >= 4 is 22.8 Å². The van der Waals surface area contributed by atoms with Gasteiger partial charge in [0.15, 0.2) is 0 Å². The first kappa shape index (κ1) is 15.6.